The smallest absolute Gasteiger partial charge is 0.248 e. The number of imide groups is 2. The van der Waals surface area contributed by atoms with E-state index in [4.69, 9.17) is 9.47 Å². The summed E-state index contributed by atoms with van der Waals surface area (Å²) in [5.41, 5.74) is 0.609. The number of rotatable bonds is 12. The van der Waals surface area contributed by atoms with E-state index in [1.54, 1.807) is 49.8 Å². The summed E-state index contributed by atoms with van der Waals surface area (Å²) in [7, 11) is -5.55. The predicted octanol–water partition coefficient (Wildman–Crippen LogP) is 0.376. The van der Waals surface area contributed by atoms with Gasteiger partial charge in [-0.1, -0.05) is 26.0 Å². The lowest BCUT2D eigenvalue weighted by molar-refractivity contribution is -0.152. The molecule has 270 valence electrons. The van der Waals surface area contributed by atoms with Crippen molar-refractivity contribution in [3.8, 4) is 11.5 Å². The SMILES string of the molecule is CCNS(=O)(=O)c1cc(C2C3C(=O)N(CC)C(=O)C3N3C(c4ccc(OC)c(S(=O)(=O)NCC)c4)C4C(=O)N(CC)C(=O)C4N23)ccc1OC. The summed E-state index contributed by atoms with van der Waals surface area (Å²) in [6.45, 7) is 6.84. The summed E-state index contributed by atoms with van der Waals surface area (Å²) >= 11 is 0. The molecule has 0 bridgehead atoms. The number of hydrogen-bond acceptors (Lipinski definition) is 12. The predicted molar refractivity (Wildman–Crippen MR) is 176 cm³/mol. The Labute approximate surface area is 290 Å². The Morgan fingerprint density at radius 1 is 0.580 bits per heavy atom. The summed E-state index contributed by atoms with van der Waals surface area (Å²) in [6, 6.07) is 4.27. The molecule has 0 aromatic heterocycles. The first-order valence-corrected chi connectivity index (χ1v) is 19.3. The highest BCUT2D eigenvalue weighted by Gasteiger charge is 2.73. The second-order valence-electron chi connectivity index (χ2n) is 12.3. The van der Waals surface area contributed by atoms with Crippen LogP contribution in [0.15, 0.2) is 46.2 Å². The number of likely N-dealkylation sites (N-methyl/N-ethyl adjacent to an activating group) is 2. The minimum Gasteiger partial charge on any atom is -0.495 e. The number of nitrogens with one attached hydrogen (secondary N) is 2. The van der Waals surface area contributed by atoms with Crippen LogP contribution in [0.3, 0.4) is 0 Å². The molecule has 2 aromatic rings. The average Bonchev–Trinajstić information content (AvgIpc) is 3.75. The van der Waals surface area contributed by atoms with Crippen LogP contribution in [0.5, 0.6) is 11.5 Å². The highest BCUT2D eigenvalue weighted by Crippen LogP contribution is 2.59. The fourth-order valence-corrected chi connectivity index (χ4v) is 10.4. The number of amides is 4. The molecular formula is C32H40N6O10S2. The third kappa shape index (κ3) is 5.14. The van der Waals surface area contributed by atoms with Gasteiger partial charge < -0.3 is 9.47 Å². The van der Waals surface area contributed by atoms with E-state index in [0.717, 1.165) is 9.80 Å². The third-order valence-electron chi connectivity index (χ3n) is 9.85. The maximum Gasteiger partial charge on any atom is 0.248 e. The number of hydrazine groups is 1. The fraction of sp³-hybridized carbons (Fsp3) is 0.500. The van der Waals surface area contributed by atoms with E-state index in [1.165, 1.54) is 38.5 Å². The molecule has 4 aliphatic rings. The van der Waals surface area contributed by atoms with Crippen molar-refractivity contribution in [2.24, 2.45) is 11.8 Å². The van der Waals surface area contributed by atoms with Crippen molar-refractivity contribution in [1.82, 2.24) is 29.3 Å². The molecule has 18 heteroatoms. The Hall–Kier alpha value is -3.94. The van der Waals surface area contributed by atoms with Crippen molar-refractivity contribution >= 4 is 43.7 Å². The number of nitrogens with zero attached hydrogens (tertiary/aromatic N) is 4. The van der Waals surface area contributed by atoms with Crippen molar-refractivity contribution in [3.63, 3.8) is 0 Å². The maximum atomic E-state index is 14.2. The second-order valence-corrected chi connectivity index (χ2v) is 15.7. The van der Waals surface area contributed by atoms with Crippen molar-refractivity contribution in [2.75, 3.05) is 40.4 Å². The highest BCUT2D eigenvalue weighted by atomic mass is 32.2. The van der Waals surface area contributed by atoms with Gasteiger partial charge in [0.2, 0.25) is 43.7 Å². The zero-order valence-corrected chi connectivity index (χ0v) is 30.1. The monoisotopic (exact) mass is 732 g/mol. The molecule has 50 heavy (non-hydrogen) atoms. The summed E-state index contributed by atoms with van der Waals surface area (Å²) in [5, 5.41) is 3.16. The summed E-state index contributed by atoms with van der Waals surface area (Å²) in [6.07, 6.45) is 0. The van der Waals surface area contributed by atoms with Gasteiger partial charge in [-0.15, -0.1) is 0 Å². The number of sulfonamides is 2. The van der Waals surface area contributed by atoms with Crippen LogP contribution in [-0.4, -0.2) is 113 Å². The molecule has 4 amide bonds. The third-order valence-corrected chi connectivity index (χ3v) is 13.0. The normalized spacial score (nSPS) is 26.9. The van der Waals surface area contributed by atoms with Crippen molar-refractivity contribution in [3.05, 3.63) is 47.5 Å². The molecule has 4 saturated heterocycles. The average molecular weight is 733 g/mol. The van der Waals surface area contributed by atoms with E-state index < -0.39 is 79.7 Å². The van der Waals surface area contributed by atoms with Gasteiger partial charge in [0.25, 0.3) is 0 Å². The first-order chi connectivity index (χ1) is 23.7. The van der Waals surface area contributed by atoms with Crippen LogP contribution in [0, 0.1) is 11.8 Å². The Kier molecular flexibility index (Phi) is 9.32. The molecule has 0 spiro atoms. The van der Waals surface area contributed by atoms with Crippen molar-refractivity contribution in [2.45, 2.75) is 61.7 Å². The van der Waals surface area contributed by atoms with Gasteiger partial charge >= 0.3 is 0 Å². The Morgan fingerprint density at radius 3 is 1.24 bits per heavy atom. The van der Waals surface area contributed by atoms with Gasteiger partial charge in [-0.05, 0) is 49.2 Å². The number of benzene rings is 2. The molecule has 2 aromatic carbocycles. The molecule has 6 rings (SSSR count). The van der Waals surface area contributed by atoms with E-state index in [2.05, 4.69) is 9.44 Å². The number of methoxy groups -OCH3 is 2. The van der Waals surface area contributed by atoms with Gasteiger partial charge in [-0.2, -0.15) is 0 Å². The Bertz CT molecular complexity index is 1850. The molecule has 16 nitrogen and oxygen atoms in total. The minimum atomic E-state index is -4.10. The molecule has 0 saturated carbocycles. The number of carbonyl (C=O) groups excluding carboxylic acids is 4. The highest BCUT2D eigenvalue weighted by molar-refractivity contribution is 7.89. The van der Waals surface area contributed by atoms with Gasteiger partial charge in [0.15, 0.2) is 0 Å². The maximum absolute atomic E-state index is 14.2. The number of carbonyl (C=O) groups is 4. The fourth-order valence-electron chi connectivity index (χ4n) is 7.95. The molecule has 4 aliphatic heterocycles. The molecule has 4 fully saturated rings. The minimum absolute atomic E-state index is 0.0410. The van der Waals surface area contributed by atoms with Crippen LogP contribution < -0.4 is 18.9 Å². The zero-order chi connectivity index (χ0) is 36.4. The molecule has 0 radical (unpaired) electrons. The topological polar surface area (TPSA) is 192 Å². The molecule has 6 atom stereocenters. The first-order valence-electron chi connectivity index (χ1n) is 16.4. The van der Waals surface area contributed by atoms with Crippen LogP contribution in [0.25, 0.3) is 0 Å². The van der Waals surface area contributed by atoms with Gasteiger partial charge in [-0.25, -0.2) is 36.3 Å². The van der Waals surface area contributed by atoms with E-state index in [9.17, 15) is 36.0 Å². The quantitative estimate of drug-likeness (QED) is 0.286. The lowest BCUT2D eigenvalue weighted by Crippen LogP contribution is -2.50. The van der Waals surface area contributed by atoms with Gasteiger partial charge in [0, 0.05) is 26.2 Å². The Morgan fingerprint density at radius 2 is 0.940 bits per heavy atom. The molecular weight excluding hydrogens is 693 g/mol. The number of ether oxygens (including phenoxy) is 2. The number of likely N-dealkylation sites (tertiary alicyclic amines) is 2. The number of fused-ring (bicyclic) bond motifs is 5. The van der Waals surface area contributed by atoms with Crippen LogP contribution in [-0.2, 0) is 39.2 Å². The number of hydrogen-bond donors (Lipinski definition) is 2. The van der Waals surface area contributed by atoms with Crippen LogP contribution in [0.2, 0.25) is 0 Å². The van der Waals surface area contributed by atoms with Crippen LogP contribution in [0.1, 0.15) is 50.9 Å². The zero-order valence-electron chi connectivity index (χ0n) is 28.4. The van der Waals surface area contributed by atoms with Crippen molar-refractivity contribution in [1.29, 1.82) is 0 Å². The Balaban J connectivity index is 1.62. The van der Waals surface area contributed by atoms with Gasteiger partial charge in [-0.3, -0.25) is 29.0 Å². The molecule has 4 heterocycles. The van der Waals surface area contributed by atoms with Gasteiger partial charge in [0.1, 0.15) is 33.4 Å². The first kappa shape index (κ1) is 35.9. The van der Waals surface area contributed by atoms with Gasteiger partial charge in [0.05, 0.1) is 38.1 Å². The standard InChI is InChI=1S/C32H40N6O10S2/c1-7-33-49(43,44)21-15-17(11-13-19(21)47-5)25-23-27(31(41)35(9-3)29(23)39)38-26(24-28(37(25)38)32(42)36(10-4)30(24)40)18-12-14-20(48-6)22(16-18)50(45,46)34-8-2/h11-16,23-28,33-34H,7-10H2,1-6H3. The lowest BCUT2D eigenvalue weighted by Gasteiger charge is -2.35. The second kappa shape index (κ2) is 13.0. The van der Waals surface area contributed by atoms with Crippen molar-refractivity contribution < 1.29 is 45.5 Å². The molecule has 6 unspecified atom stereocenters. The van der Waals surface area contributed by atoms with Crippen LogP contribution >= 0.6 is 0 Å². The largest absolute Gasteiger partial charge is 0.495 e. The van der Waals surface area contributed by atoms with E-state index in [-0.39, 0.29) is 47.5 Å². The van der Waals surface area contributed by atoms with E-state index in [1.807, 2.05) is 0 Å². The van der Waals surface area contributed by atoms with Crippen LogP contribution in [0.4, 0.5) is 0 Å². The molecule has 2 N–H and O–H groups in total. The summed E-state index contributed by atoms with van der Waals surface area (Å²) < 4.78 is 69.0. The molecule has 0 aliphatic carbocycles. The lowest BCUT2D eigenvalue weighted by atomic mass is 9.84. The van der Waals surface area contributed by atoms with E-state index >= 15 is 0 Å². The van der Waals surface area contributed by atoms with E-state index in [0.29, 0.717) is 11.1 Å². The summed E-state index contributed by atoms with van der Waals surface area (Å²) in [4.78, 5) is 58.4. The summed E-state index contributed by atoms with van der Waals surface area (Å²) in [5.74, 6) is -4.24.